The van der Waals surface area contributed by atoms with Crippen molar-refractivity contribution >= 4 is 0 Å². The Morgan fingerprint density at radius 2 is 1.53 bits per heavy atom. The maximum Gasteiger partial charge on any atom is 0.119 e. The van der Waals surface area contributed by atoms with E-state index in [-0.39, 0.29) is 5.41 Å². The first kappa shape index (κ1) is 13.7. The summed E-state index contributed by atoms with van der Waals surface area (Å²) < 4.78 is 5.84. The zero-order valence-corrected chi connectivity index (χ0v) is 12.2. The fourth-order valence-electron chi connectivity index (χ4n) is 1.98. The Morgan fingerprint density at radius 3 is 2.11 bits per heavy atom. The third kappa shape index (κ3) is 3.60. The average molecular weight is 254 g/mol. The normalized spacial score (nSPS) is 11.4. The molecule has 0 spiro atoms. The molecule has 0 aliphatic carbocycles. The molecule has 0 aliphatic rings. The van der Waals surface area contributed by atoms with E-state index in [0.29, 0.717) is 6.61 Å². The molecule has 0 saturated heterocycles. The van der Waals surface area contributed by atoms with Crippen LogP contribution in [0.4, 0.5) is 0 Å². The Hall–Kier alpha value is -1.76. The van der Waals surface area contributed by atoms with E-state index in [1.54, 1.807) is 0 Å². The summed E-state index contributed by atoms with van der Waals surface area (Å²) in [6.07, 6.45) is 0. The highest BCUT2D eigenvalue weighted by molar-refractivity contribution is 5.32. The number of hydrogen-bond acceptors (Lipinski definition) is 1. The van der Waals surface area contributed by atoms with Crippen molar-refractivity contribution in [3.63, 3.8) is 0 Å². The summed E-state index contributed by atoms with van der Waals surface area (Å²) >= 11 is 0. The van der Waals surface area contributed by atoms with E-state index in [4.69, 9.17) is 4.74 Å². The standard InChI is InChI=1S/C18H22O/c1-14-7-5-6-8-15(14)13-19-17-11-9-16(10-12-17)18(2,3)4/h5-12H,13H2,1-4H3. The van der Waals surface area contributed by atoms with Crippen LogP contribution >= 0.6 is 0 Å². The van der Waals surface area contributed by atoms with Crippen LogP contribution in [0.3, 0.4) is 0 Å². The van der Waals surface area contributed by atoms with Gasteiger partial charge < -0.3 is 4.74 Å². The molecule has 1 heteroatoms. The van der Waals surface area contributed by atoms with Gasteiger partial charge in [0.15, 0.2) is 0 Å². The number of hydrogen-bond donors (Lipinski definition) is 0. The SMILES string of the molecule is Cc1ccccc1COc1ccc(C(C)(C)C)cc1. The zero-order valence-electron chi connectivity index (χ0n) is 12.2. The summed E-state index contributed by atoms with van der Waals surface area (Å²) in [5, 5.41) is 0. The maximum absolute atomic E-state index is 5.84. The van der Waals surface area contributed by atoms with Crippen molar-refractivity contribution in [3.05, 3.63) is 65.2 Å². The molecule has 2 rings (SSSR count). The number of aryl methyl sites for hydroxylation is 1. The Morgan fingerprint density at radius 1 is 0.895 bits per heavy atom. The molecule has 0 N–H and O–H groups in total. The molecule has 0 fully saturated rings. The number of ether oxygens (including phenoxy) is 1. The maximum atomic E-state index is 5.84. The van der Waals surface area contributed by atoms with Crippen LogP contribution in [0.25, 0.3) is 0 Å². The van der Waals surface area contributed by atoms with Crippen LogP contribution < -0.4 is 4.74 Å². The predicted molar refractivity (Wildman–Crippen MR) is 80.7 cm³/mol. The Bertz CT molecular complexity index is 532. The van der Waals surface area contributed by atoms with Gasteiger partial charge in [-0.05, 0) is 41.2 Å². The second kappa shape index (κ2) is 5.48. The van der Waals surface area contributed by atoms with E-state index in [0.717, 1.165) is 5.75 Å². The Labute approximate surface area is 116 Å². The van der Waals surface area contributed by atoms with E-state index in [1.165, 1.54) is 16.7 Å². The van der Waals surface area contributed by atoms with Crippen molar-refractivity contribution in [2.45, 2.75) is 39.7 Å². The third-order valence-corrected chi connectivity index (χ3v) is 3.38. The largest absolute Gasteiger partial charge is 0.489 e. The van der Waals surface area contributed by atoms with Crippen LogP contribution in [-0.4, -0.2) is 0 Å². The summed E-state index contributed by atoms with van der Waals surface area (Å²) in [5.74, 6) is 0.927. The summed E-state index contributed by atoms with van der Waals surface area (Å²) in [6.45, 7) is 9.39. The first-order valence-electron chi connectivity index (χ1n) is 6.75. The molecular weight excluding hydrogens is 232 g/mol. The second-order valence-electron chi connectivity index (χ2n) is 5.99. The average Bonchev–Trinajstić information content (AvgIpc) is 2.37. The van der Waals surface area contributed by atoms with Crippen LogP contribution in [0.2, 0.25) is 0 Å². The fourth-order valence-corrected chi connectivity index (χ4v) is 1.98. The van der Waals surface area contributed by atoms with E-state index in [1.807, 2.05) is 6.07 Å². The van der Waals surface area contributed by atoms with Crippen molar-refractivity contribution in [1.82, 2.24) is 0 Å². The minimum atomic E-state index is 0.189. The van der Waals surface area contributed by atoms with Gasteiger partial charge in [-0.25, -0.2) is 0 Å². The molecule has 100 valence electrons. The Balaban J connectivity index is 2.03. The molecule has 0 bridgehead atoms. The van der Waals surface area contributed by atoms with Crippen molar-refractivity contribution < 1.29 is 4.74 Å². The highest BCUT2D eigenvalue weighted by Gasteiger charge is 2.12. The first-order chi connectivity index (χ1) is 8.97. The molecular formula is C18H22O. The van der Waals surface area contributed by atoms with E-state index in [2.05, 4.69) is 70.2 Å². The van der Waals surface area contributed by atoms with Crippen molar-refractivity contribution in [1.29, 1.82) is 0 Å². The van der Waals surface area contributed by atoms with Gasteiger partial charge in [-0.3, -0.25) is 0 Å². The van der Waals surface area contributed by atoms with E-state index >= 15 is 0 Å². The highest BCUT2D eigenvalue weighted by Crippen LogP contribution is 2.24. The van der Waals surface area contributed by atoms with E-state index in [9.17, 15) is 0 Å². The fraction of sp³-hybridized carbons (Fsp3) is 0.333. The molecule has 0 unspecified atom stereocenters. The monoisotopic (exact) mass is 254 g/mol. The second-order valence-corrected chi connectivity index (χ2v) is 5.99. The smallest absolute Gasteiger partial charge is 0.119 e. The van der Waals surface area contributed by atoms with Gasteiger partial charge in [0.25, 0.3) is 0 Å². The lowest BCUT2D eigenvalue weighted by Crippen LogP contribution is -2.10. The number of rotatable bonds is 3. The van der Waals surface area contributed by atoms with Crippen molar-refractivity contribution in [2.24, 2.45) is 0 Å². The molecule has 0 atom stereocenters. The third-order valence-electron chi connectivity index (χ3n) is 3.38. The zero-order chi connectivity index (χ0) is 13.9. The molecule has 2 aromatic carbocycles. The van der Waals surface area contributed by atoms with Crippen LogP contribution in [0.15, 0.2) is 48.5 Å². The minimum Gasteiger partial charge on any atom is -0.489 e. The van der Waals surface area contributed by atoms with Gasteiger partial charge in [0.1, 0.15) is 12.4 Å². The molecule has 0 heterocycles. The van der Waals surface area contributed by atoms with Gasteiger partial charge in [-0.2, -0.15) is 0 Å². The van der Waals surface area contributed by atoms with Crippen LogP contribution in [0, 0.1) is 6.92 Å². The lowest BCUT2D eigenvalue weighted by molar-refractivity contribution is 0.305. The lowest BCUT2D eigenvalue weighted by Gasteiger charge is -2.19. The van der Waals surface area contributed by atoms with Crippen LogP contribution in [0.1, 0.15) is 37.5 Å². The van der Waals surface area contributed by atoms with E-state index < -0.39 is 0 Å². The Kier molecular flexibility index (Phi) is 3.94. The number of benzene rings is 2. The predicted octanol–water partition coefficient (Wildman–Crippen LogP) is 4.87. The molecule has 1 nitrogen and oxygen atoms in total. The quantitative estimate of drug-likeness (QED) is 0.759. The van der Waals surface area contributed by atoms with Gasteiger partial charge in [0.2, 0.25) is 0 Å². The molecule has 0 amide bonds. The molecule has 0 radical (unpaired) electrons. The van der Waals surface area contributed by atoms with Gasteiger partial charge in [-0.1, -0.05) is 57.2 Å². The molecule has 0 aliphatic heterocycles. The summed E-state index contributed by atoms with van der Waals surface area (Å²) in [7, 11) is 0. The molecule has 2 aromatic rings. The molecule has 19 heavy (non-hydrogen) atoms. The van der Waals surface area contributed by atoms with Crippen molar-refractivity contribution in [3.8, 4) is 5.75 Å². The summed E-state index contributed by atoms with van der Waals surface area (Å²) in [6, 6.07) is 16.7. The van der Waals surface area contributed by atoms with Gasteiger partial charge in [0, 0.05) is 0 Å². The molecule has 0 aromatic heterocycles. The summed E-state index contributed by atoms with van der Waals surface area (Å²) in [5.41, 5.74) is 4.03. The first-order valence-corrected chi connectivity index (χ1v) is 6.75. The summed E-state index contributed by atoms with van der Waals surface area (Å²) in [4.78, 5) is 0. The lowest BCUT2D eigenvalue weighted by atomic mass is 9.87. The highest BCUT2D eigenvalue weighted by atomic mass is 16.5. The van der Waals surface area contributed by atoms with Crippen molar-refractivity contribution in [2.75, 3.05) is 0 Å². The van der Waals surface area contributed by atoms with Gasteiger partial charge in [0.05, 0.1) is 0 Å². The topological polar surface area (TPSA) is 9.23 Å². The van der Waals surface area contributed by atoms with Crippen LogP contribution in [0.5, 0.6) is 5.75 Å². The van der Waals surface area contributed by atoms with Crippen LogP contribution in [-0.2, 0) is 12.0 Å². The minimum absolute atomic E-state index is 0.189. The van der Waals surface area contributed by atoms with Gasteiger partial charge in [-0.15, -0.1) is 0 Å². The van der Waals surface area contributed by atoms with Gasteiger partial charge >= 0.3 is 0 Å². The molecule has 0 saturated carbocycles.